The molecule has 0 unspecified atom stereocenters. The number of hydrogen-bond donors (Lipinski definition) is 1. The third-order valence-corrected chi connectivity index (χ3v) is 5.28. The predicted molar refractivity (Wildman–Crippen MR) is 101 cm³/mol. The van der Waals surface area contributed by atoms with Crippen LogP contribution in [0.1, 0.15) is 38.8 Å². The van der Waals surface area contributed by atoms with Gasteiger partial charge in [-0.15, -0.1) is 0 Å². The Hall–Kier alpha value is -2.04. The molecule has 3 nitrogen and oxygen atoms in total. The highest BCUT2D eigenvalue weighted by molar-refractivity contribution is 6.62. The van der Waals surface area contributed by atoms with Crippen molar-refractivity contribution in [2.45, 2.75) is 38.9 Å². The summed E-state index contributed by atoms with van der Waals surface area (Å²) in [6, 6.07) is 14.6. The molecule has 122 valence electrons. The zero-order valence-electron chi connectivity index (χ0n) is 14.6. The second kappa shape index (κ2) is 5.23. The van der Waals surface area contributed by atoms with Gasteiger partial charge in [0.15, 0.2) is 0 Å². The van der Waals surface area contributed by atoms with Crippen molar-refractivity contribution < 1.29 is 9.31 Å². The van der Waals surface area contributed by atoms with Gasteiger partial charge in [0.1, 0.15) is 0 Å². The standard InChI is InChI=1S/C20H22BNO2/c1-19(2)20(3,4)24-21(23-19)16-12-11-15-10-9-14-7-5-6-8-17(14)22-18(15)13-16/h5-13,22H,1-4H3. The van der Waals surface area contributed by atoms with E-state index in [-0.39, 0.29) is 18.3 Å². The van der Waals surface area contributed by atoms with Gasteiger partial charge in [0.2, 0.25) is 0 Å². The van der Waals surface area contributed by atoms with Crippen molar-refractivity contribution in [2.24, 2.45) is 0 Å². The van der Waals surface area contributed by atoms with Crippen LogP contribution in [0.4, 0.5) is 11.4 Å². The molecule has 1 fully saturated rings. The Bertz CT molecular complexity index is 810. The van der Waals surface area contributed by atoms with Crippen LogP contribution in [-0.2, 0) is 9.31 Å². The number of anilines is 2. The molecule has 0 amide bonds. The molecule has 4 rings (SSSR count). The van der Waals surface area contributed by atoms with Crippen molar-refractivity contribution in [3.8, 4) is 0 Å². The highest BCUT2D eigenvalue weighted by Crippen LogP contribution is 2.37. The van der Waals surface area contributed by atoms with E-state index in [4.69, 9.17) is 9.31 Å². The highest BCUT2D eigenvalue weighted by atomic mass is 16.7. The van der Waals surface area contributed by atoms with Crippen LogP contribution in [0, 0.1) is 0 Å². The second-order valence-electron chi connectivity index (χ2n) is 7.48. The maximum atomic E-state index is 6.17. The fraction of sp³-hybridized carbons (Fsp3) is 0.300. The molecule has 0 saturated carbocycles. The number of benzene rings is 2. The molecule has 0 spiro atoms. The maximum Gasteiger partial charge on any atom is 0.494 e. The smallest absolute Gasteiger partial charge is 0.399 e. The third-order valence-electron chi connectivity index (χ3n) is 5.28. The first kappa shape index (κ1) is 15.5. The topological polar surface area (TPSA) is 30.5 Å². The Morgan fingerprint density at radius 1 is 0.792 bits per heavy atom. The van der Waals surface area contributed by atoms with Gasteiger partial charge in [-0.25, -0.2) is 0 Å². The van der Waals surface area contributed by atoms with Crippen LogP contribution in [-0.4, -0.2) is 18.3 Å². The third kappa shape index (κ3) is 2.47. The molecule has 0 aliphatic carbocycles. The van der Waals surface area contributed by atoms with Crippen molar-refractivity contribution >= 4 is 36.1 Å². The molecule has 0 bridgehead atoms. The minimum Gasteiger partial charge on any atom is -0.399 e. The van der Waals surface area contributed by atoms with E-state index in [1.807, 2.05) is 6.07 Å². The molecule has 1 saturated heterocycles. The molecule has 24 heavy (non-hydrogen) atoms. The van der Waals surface area contributed by atoms with Crippen molar-refractivity contribution in [3.05, 3.63) is 53.6 Å². The van der Waals surface area contributed by atoms with Gasteiger partial charge in [0.25, 0.3) is 0 Å². The van der Waals surface area contributed by atoms with Gasteiger partial charge in [-0.3, -0.25) is 0 Å². The van der Waals surface area contributed by atoms with Crippen LogP contribution in [0.5, 0.6) is 0 Å². The van der Waals surface area contributed by atoms with Gasteiger partial charge in [-0.1, -0.05) is 42.5 Å². The first-order valence-electron chi connectivity index (χ1n) is 8.39. The Labute approximate surface area is 143 Å². The average molecular weight is 319 g/mol. The maximum absolute atomic E-state index is 6.17. The van der Waals surface area contributed by atoms with Gasteiger partial charge in [-0.05, 0) is 56.4 Å². The molecule has 2 aromatic carbocycles. The SMILES string of the molecule is CC1(C)OB(c2ccc3c(c2)Nc2ccccc2C=C3)OC1(C)C. The zero-order chi connectivity index (χ0) is 16.9. The van der Waals surface area contributed by atoms with Crippen LogP contribution in [0.15, 0.2) is 42.5 Å². The first-order chi connectivity index (χ1) is 11.4. The highest BCUT2D eigenvalue weighted by Gasteiger charge is 2.51. The molecular weight excluding hydrogens is 297 g/mol. The fourth-order valence-corrected chi connectivity index (χ4v) is 3.03. The number of nitrogens with one attached hydrogen (secondary N) is 1. The van der Waals surface area contributed by atoms with Crippen LogP contribution in [0.2, 0.25) is 0 Å². The summed E-state index contributed by atoms with van der Waals surface area (Å²) in [5.74, 6) is 0. The van der Waals surface area contributed by atoms with Crippen molar-refractivity contribution in [1.82, 2.24) is 0 Å². The van der Waals surface area contributed by atoms with Gasteiger partial charge in [-0.2, -0.15) is 0 Å². The molecule has 2 aliphatic rings. The summed E-state index contributed by atoms with van der Waals surface area (Å²) in [6.07, 6.45) is 4.28. The van der Waals surface area contributed by atoms with Crippen LogP contribution < -0.4 is 10.8 Å². The predicted octanol–water partition coefficient (Wildman–Crippen LogP) is 4.21. The van der Waals surface area contributed by atoms with Gasteiger partial charge in [0.05, 0.1) is 11.2 Å². The molecule has 1 N–H and O–H groups in total. The Morgan fingerprint density at radius 3 is 2.12 bits per heavy atom. The number of hydrogen-bond acceptors (Lipinski definition) is 3. The quantitative estimate of drug-likeness (QED) is 0.682. The first-order valence-corrected chi connectivity index (χ1v) is 8.39. The fourth-order valence-electron chi connectivity index (χ4n) is 3.03. The summed E-state index contributed by atoms with van der Waals surface area (Å²) in [7, 11) is -0.343. The summed E-state index contributed by atoms with van der Waals surface area (Å²) < 4.78 is 12.3. The Balaban J connectivity index is 1.69. The number of para-hydroxylation sites is 1. The molecule has 0 atom stereocenters. The average Bonchev–Trinajstić information content (AvgIpc) is 2.68. The van der Waals surface area contributed by atoms with E-state index < -0.39 is 0 Å². The summed E-state index contributed by atoms with van der Waals surface area (Å²) in [6.45, 7) is 8.31. The van der Waals surface area contributed by atoms with Crippen LogP contribution in [0.3, 0.4) is 0 Å². The van der Waals surface area contributed by atoms with E-state index >= 15 is 0 Å². The van der Waals surface area contributed by atoms with Crippen molar-refractivity contribution in [2.75, 3.05) is 5.32 Å². The Kier molecular flexibility index (Phi) is 3.38. The normalized spacial score (nSPS) is 20.1. The molecule has 2 aliphatic heterocycles. The Morgan fingerprint density at radius 2 is 1.42 bits per heavy atom. The van der Waals surface area contributed by atoms with E-state index in [9.17, 15) is 0 Å². The van der Waals surface area contributed by atoms with Gasteiger partial charge >= 0.3 is 7.12 Å². The number of fused-ring (bicyclic) bond motifs is 2. The molecule has 0 radical (unpaired) electrons. The van der Waals surface area contributed by atoms with Crippen molar-refractivity contribution in [3.63, 3.8) is 0 Å². The minimum absolute atomic E-state index is 0.329. The van der Waals surface area contributed by atoms with Crippen LogP contribution in [0.25, 0.3) is 12.2 Å². The molecule has 4 heteroatoms. The van der Waals surface area contributed by atoms with E-state index in [0.717, 1.165) is 22.4 Å². The monoisotopic (exact) mass is 319 g/mol. The van der Waals surface area contributed by atoms with E-state index in [1.165, 1.54) is 5.56 Å². The van der Waals surface area contributed by atoms with E-state index in [2.05, 4.69) is 81.6 Å². The lowest BCUT2D eigenvalue weighted by molar-refractivity contribution is 0.00578. The van der Waals surface area contributed by atoms with Crippen LogP contribution >= 0.6 is 0 Å². The molecule has 2 aromatic rings. The lowest BCUT2D eigenvalue weighted by atomic mass is 9.78. The summed E-state index contributed by atoms with van der Waals surface area (Å²) >= 11 is 0. The lowest BCUT2D eigenvalue weighted by Gasteiger charge is -2.32. The summed E-state index contributed by atoms with van der Waals surface area (Å²) in [5.41, 5.74) is 4.90. The van der Waals surface area contributed by atoms with Crippen molar-refractivity contribution in [1.29, 1.82) is 0 Å². The van der Waals surface area contributed by atoms with E-state index in [1.54, 1.807) is 0 Å². The van der Waals surface area contributed by atoms with Gasteiger partial charge < -0.3 is 14.6 Å². The summed E-state index contributed by atoms with van der Waals surface area (Å²) in [4.78, 5) is 0. The van der Waals surface area contributed by atoms with E-state index in [0.29, 0.717) is 0 Å². The molecular formula is C20H22BNO2. The molecule has 0 aromatic heterocycles. The number of rotatable bonds is 1. The summed E-state index contributed by atoms with van der Waals surface area (Å²) in [5, 5.41) is 3.53. The largest absolute Gasteiger partial charge is 0.494 e. The zero-order valence-corrected chi connectivity index (χ0v) is 14.6. The molecule has 2 heterocycles. The second-order valence-corrected chi connectivity index (χ2v) is 7.48. The lowest BCUT2D eigenvalue weighted by Crippen LogP contribution is -2.41. The van der Waals surface area contributed by atoms with Gasteiger partial charge in [0, 0.05) is 11.4 Å². The minimum atomic E-state index is -0.343.